The molecule has 0 radical (unpaired) electrons. The van der Waals surface area contributed by atoms with Crippen LogP contribution in [0.1, 0.15) is 24.8 Å². The van der Waals surface area contributed by atoms with E-state index in [9.17, 15) is 13.2 Å². The van der Waals surface area contributed by atoms with E-state index < -0.39 is 10.0 Å². The molecule has 1 N–H and O–H groups in total. The number of carbonyl (C=O) groups is 1. The molecule has 2 rings (SSSR count). The van der Waals surface area contributed by atoms with Gasteiger partial charge >= 0.3 is 0 Å². The van der Waals surface area contributed by atoms with Crippen LogP contribution in [0.5, 0.6) is 5.75 Å². The predicted molar refractivity (Wildman–Crippen MR) is 112 cm³/mol. The van der Waals surface area contributed by atoms with E-state index in [2.05, 4.69) is 17.4 Å². The third-order valence-corrected chi connectivity index (χ3v) is 5.51. The van der Waals surface area contributed by atoms with Gasteiger partial charge in [-0.25, -0.2) is 8.42 Å². The number of aryl methyl sites for hydroxylation is 1. The molecule has 0 fully saturated rings. The molecule has 0 atom stereocenters. The first-order chi connectivity index (χ1) is 13.4. The van der Waals surface area contributed by atoms with E-state index in [0.29, 0.717) is 24.4 Å². The first-order valence-electron chi connectivity index (χ1n) is 9.33. The van der Waals surface area contributed by atoms with Gasteiger partial charge in [0.05, 0.1) is 19.1 Å². The Morgan fingerprint density at radius 3 is 2.39 bits per heavy atom. The predicted octanol–water partition coefficient (Wildman–Crippen LogP) is 2.99. The van der Waals surface area contributed by atoms with E-state index in [4.69, 9.17) is 4.74 Å². The largest absolute Gasteiger partial charge is 0.495 e. The highest BCUT2D eigenvalue weighted by Crippen LogP contribution is 2.29. The summed E-state index contributed by atoms with van der Waals surface area (Å²) in [6.07, 6.45) is 3.63. The molecule has 0 bridgehead atoms. The molecule has 1 amide bonds. The number of anilines is 1. The molecule has 2 aromatic rings. The van der Waals surface area contributed by atoms with Crippen LogP contribution in [0.2, 0.25) is 0 Å². The van der Waals surface area contributed by atoms with Gasteiger partial charge in [0.25, 0.3) is 0 Å². The molecule has 2 aromatic carbocycles. The van der Waals surface area contributed by atoms with Crippen molar-refractivity contribution >= 4 is 21.6 Å². The summed E-state index contributed by atoms with van der Waals surface area (Å²) >= 11 is 0. The highest BCUT2D eigenvalue weighted by molar-refractivity contribution is 7.92. The number of hydrogen-bond donors (Lipinski definition) is 1. The van der Waals surface area contributed by atoms with E-state index in [0.717, 1.165) is 19.1 Å². The van der Waals surface area contributed by atoms with Crippen LogP contribution in [-0.4, -0.2) is 40.8 Å². The summed E-state index contributed by atoms with van der Waals surface area (Å²) in [5.74, 6) is 0.417. The Labute approximate surface area is 167 Å². The molecule has 0 aliphatic heterocycles. The van der Waals surface area contributed by atoms with Crippen molar-refractivity contribution in [3.63, 3.8) is 0 Å². The lowest BCUT2D eigenvalue weighted by molar-refractivity contribution is -0.121. The highest BCUT2D eigenvalue weighted by atomic mass is 32.2. The smallest absolute Gasteiger partial charge is 0.232 e. The lowest BCUT2D eigenvalue weighted by atomic mass is 10.1. The molecule has 7 heteroatoms. The van der Waals surface area contributed by atoms with Crippen LogP contribution < -0.4 is 14.4 Å². The number of amides is 1. The zero-order chi connectivity index (χ0) is 20.4. The fraction of sp³-hybridized carbons (Fsp3) is 0.381. The summed E-state index contributed by atoms with van der Waals surface area (Å²) in [5.41, 5.74) is 1.73. The zero-order valence-electron chi connectivity index (χ0n) is 16.4. The lowest BCUT2D eigenvalue weighted by Crippen LogP contribution is -2.32. The van der Waals surface area contributed by atoms with Crippen LogP contribution in [0.3, 0.4) is 0 Å². The standard InChI is InChI=1S/C21H28N2O4S/c1-27-20-14-7-6-13-19(20)23(28(2,25)26)17-9-15-21(24)22-16-8-12-18-10-4-3-5-11-18/h3-7,10-11,13-14H,8-9,12,15-17H2,1-2H3,(H,22,24). The molecule has 0 heterocycles. The van der Waals surface area contributed by atoms with E-state index in [1.807, 2.05) is 18.2 Å². The van der Waals surface area contributed by atoms with Gasteiger partial charge in [0.1, 0.15) is 5.75 Å². The summed E-state index contributed by atoms with van der Waals surface area (Å²) in [6.45, 7) is 0.826. The van der Waals surface area contributed by atoms with Crippen molar-refractivity contribution in [3.05, 3.63) is 60.2 Å². The van der Waals surface area contributed by atoms with Gasteiger partial charge in [-0.1, -0.05) is 42.5 Å². The Balaban J connectivity index is 1.79. The Hall–Kier alpha value is -2.54. The summed E-state index contributed by atoms with van der Waals surface area (Å²) in [6, 6.07) is 17.1. The molecule has 0 aliphatic carbocycles. The summed E-state index contributed by atoms with van der Waals surface area (Å²) < 4.78 is 30.9. The molecular weight excluding hydrogens is 376 g/mol. The van der Waals surface area contributed by atoms with Gasteiger partial charge < -0.3 is 10.1 Å². The number of nitrogens with zero attached hydrogens (tertiary/aromatic N) is 1. The van der Waals surface area contributed by atoms with Crippen LogP contribution in [-0.2, 0) is 21.2 Å². The number of ether oxygens (including phenoxy) is 1. The van der Waals surface area contributed by atoms with Crippen LogP contribution in [0, 0.1) is 0 Å². The minimum atomic E-state index is -3.48. The van der Waals surface area contributed by atoms with E-state index in [1.54, 1.807) is 24.3 Å². The molecule has 0 saturated carbocycles. The van der Waals surface area contributed by atoms with Gasteiger partial charge in [-0.05, 0) is 37.0 Å². The van der Waals surface area contributed by atoms with Gasteiger partial charge in [-0.3, -0.25) is 9.10 Å². The second-order valence-electron chi connectivity index (χ2n) is 6.55. The van der Waals surface area contributed by atoms with Crippen molar-refractivity contribution in [2.75, 3.05) is 30.8 Å². The van der Waals surface area contributed by atoms with Crippen molar-refractivity contribution in [3.8, 4) is 5.75 Å². The van der Waals surface area contributed by atoms with Crippen LogP contribution >= 0.6 is 0 Å². The quantitative estimate of drug-likeness (QED) is 0.584. The molecule has 0 unspecified atom stereocenters. The van der Waals surface area contributed by atoms with Crippen LogP contribution in [0.4, 0.5) is 5.69 Å². The van der Waals surface area contributed by atoms with E-state index in [1.165, 1.54) is 17.0 Å². The number of methoxy groups -OCH3 is 1. The minimum Gasteiger partial charge on any atom is -0.495 e. The Morgan fingerprint density at radius 1 is 1.04 bits per heavy atom. The Bertz CT molecular complexity index is 854. The summed E-state index contributed by atoms with van der Waals surface area (Å²) in [5, 5.41) is 2.90. The second kappa shape index (κ2) is 10.7. The number of rotatable bonds is 11. The molecule has 0 spiro atoms. The second-order valence-corrected chi connectivity index (χ2v) is 8.46. The molecule has 0 saturated heterocycles. The first-order valence-corrected chi connectivity index (χ1v) is 11.2. The number of nitrogens with one attached hydrogen (secondary N) is 1. The normalized spacial score (nSPS) is 11.1. The average molecular weight is 405 g/mol. The van der Waals surface area contributed by atoms with Crippen molar-refractivity contribution in [2.24, 2.45) is 0 Å². The Morgan fingerprint density at radius 2 is 1.71 bits per heavy atom. The minimum absolute atomic E-state index is 0.0680. The van der Waals surface area contributed by atoms with Gasteiger partial charge in [0.2, 0.25) is 15.9 Å². The maximum atomic E-state index is 12.2. The van der Waals surface area contributed by atoms with Crippen LogP contribution in [0.25, 0.3) is 0 Å². The lowest BCUT2D eigenvalue weighted by Gasteiger charge is -2.24. The van der Waals surface area contributed by atoms with Gasteiger partial charge in [-0.2, -0.15) is 0 Å². The number of carbonyl (C=O) groups excluding carboxylic acids is 1. The third-order valence-electron chi connectivity index (χ3n) is 4.33. The fourth-order valence-corrected chi connectivity index (χ4v) is 3.91. The maximum Gasteiger partial charge on any atom is 0.232 e. The zero-order valence-corrected chi connectivity index (χ0v) is 17.2. The topological polar surface area (TPSA) is 75.7 Å². The van der Waals surface area contributed by atoms with Crippen molar-refractivity contribution < 1.29 is 17.9 Å². The van der Waals surface area contributed by atoms with Gasteiger partial charge in [-0.15, -0.1) is 0 Å². The summed E-state index contributed by atoms with van der Waals surface area (Å²) in [4.78, 5) is 12.0. The highest BCUT2D eigenvalue weighted by Gasteiger charge is 2.20. The maximum absolute atomic E-state index is 12.2. The van der Waals surface area contributed by atoms with Crippen molar-refractivity contribution in [1.29, 1.82) is 0 Å². The van der Waals surface area contributed by atoms with Gasteiger partial charge in [0.15, 0.2) is 0 Å². The monoisotopic (exact) mass is 404 g/mol. The van der Waals surface area contributed by atoms with E-state index in [-0.39, 0.29) is 18.9 Å². The van der Waals surface area contributed by atoms with E-state index >= 15 is 0 Å². The molecule has 6 nitrogen and oxygen atoms in total. The van der Waals surface area contributed by atoms with Crippen molar-refractivity contribution in [2.45, 2.75) is 25.7 Å². The molecule has 152 valence electrons. The summed E-state index contributed by atoms with van der Waals surface area (Å²) in [7, 11) is -1.98. The fourth-order valence-electron chi connectivity index (χ4n) is 2.94. The molecule has 28 heavy (non-hydrogen) atoms. The molecular formula is C21H28N2O4S. The number of sulfonamides is 1. The Kier molecular flexibility index (Phi) is 8.32. The number of benzene rings is 2. The molecule has 0 aliphatic rings. The third kappa shape index (κ3) is 6.88. The SMILES string of the molecule is COc1ccccc1N(CCCC(=O)NCCCc1ccccc1)S(C)(=O)=O. The number of para-hydroxylation sites is 2. The molecule has 0 aromatic heterocycles. The number of hydrogen-bond acceptors (Lipinski definition) is 4. The average Bonchev–Trinajstić information content (AvgIpc) is 2.68. The first kappa shape index (κ1) is 21.8. The van der Waals surface area contributed by atoms with Gasteiger partial charge in [0, 0.05) is 19.5 Å². The van der Waals surface area contributed by atoms with Crippen molar-refractivity contribution in [1.82, 2.24) is 5.32 Å². The van der Waals surface area contributed by atoms with Crippen LogP contribution in [0.15, 0.2) is 54.6 Å².